The second-order valence-corrected chi connectivity index (χ2v) is 5.85. The minimum absolute atomic E-state index is 0.263. The molecule has 0 spiro atoms. The van der Waals surface area contributed by atoms with Gasteiger partial charge in [-0.3, -0.25) is 14.5 Å². The van der Waals surface area contributed by atoms with E-state index >= 15 is 0 Å². The molecule has 0 aliphatic heterocycles. The minimum Gasteiger partial charge on any atom is -0.322 e. The Morgan fingerprint density at radius 2 is 2.00 bits per heavy atom. The number of fused-ring (bicyclic) bond motifs is 1. The number of benzene rings is 1. The Balaban J connectivity index is 2.53. The summed E-state index contributed by atoms with van der Waals surface area (Å²) in [5, 5.41) is 7.66. The molecule has 0 bridgehead atoms. The Morgan fingerprint density at radius 3 is 2.59 bits per heavy atom. The molecule has 0 aliphatic rings. The monoisotopic (exact) mass is 337 g/mol. The highest BCUT2D eigenvalue weighted by Gasteiger charge is 2.20. The molecule has 114 valence electrons. The van der Waals surface area contributed by atoms with Crippen molar-refractivity contribution in [3.63, 3.8) is 0 Å². The highest BCUT2D eigenvalue weighted by Crippen LogP contribution is 2.28. The fourth-order valence-corrected chi connectivity index (χ4v) is 2.78. The summed E-state index contributed by atoms with van der Waals surface area (Å²) in [6.45, 7) is 3.56. The van der Waals surface area contributed by atoms with Gasteiger partial charge in [0, 0.05) is 0 Å². The van der Waals surface area contributed by atoms with Gasteiger partial charge >= 0.3 is 0 Å². The molecular formula is C14H13Cl2N5O. The first-order chi connectivity index (χ1) is 10.4. The predicted molar refractivity (Wildman–Crippen MR) is 86.8 cm³/mol. The number of hydrogen-bond acceptors (Lipinski definition) is 4. The van der Waals surface area contributed by atoms with Gasteiger partial charge in [0.1, 0.15) is 5.82 Å². The van der Waals surface area contributed by atoms with E-state index in [0.717, 1.165) is 5.69 Å². The van der Waals surface area contributed by atoms with Gasteiger partial charge in [0.2, 0.25) is 0 Å². The summed E-state index contributed by atoms with van der Waals surface area (Å²) < 4.78 is 1.42. The number of nitrogens with one attached hydrogen (secondary N) is 1. The van der Waals surface area contributed by atoms with E-state index in [1.54, 1.807) is 25.3 Å². The smallest absolute Gasteiger partial charge is 0.267 e. The summed E-state index contributed by atoms with van der Waals surface area (Å²) in [4.78, 5) is 17.4. The molecule has 3 aromatic rings. The van der Waals surface area contributed by atoms with Crippen molar-refractivity contribution in [3.05, 3.63) is 50.2 Å². The molecule has 1 atom stereocenters. The second-order valence-electron chi connectivity index (χ2n) is 5.03. The molecule has 3 N–H and O–H groups in total. The van der Waals surface area contributed by atoms with Gasteiger partial charge in [-0.15, -0.1) is 0 Å². The van der Waals surface area contributed by atoms with E-state index in [-0.39, 0.29) is 10.9 Å². The van der Waals surface area contributed by atoms with Crippen LogP contribution in [0.25, 0.3) is 16.6 Å². The lowest BCUT2D eigenvalue weighted by molar-refractivity contribution is 0.695. The van der Waals surface area contributed by atoms with Crippen LogP contribution in [0.3, 0.4) is 0 Å². The number of nitrogens with two attached hydrogens (primary N) is 1. The largest absolute Gasteiger partial charge is 0.322 e. The first-order valence-electron chi connectivity index (χ1n) is 6.58. The van der Waals surface area contributed by atoms with Crippen molar-refractivity contribution in [3.8, 4) is 5.69 Å². The molecule has 0 aliphatic carbocycles. The van der Waals surface area contributed by atoms with Gasteiger partial charge in [-0.25, -0.2) is 4.98 Å². The first kappa shape index (κ1) is 15.0. The van der Waals surface area contributed by atoms with Gasteiger partial charge in [0.05, 0.1) is 44.6 Å². The summed E-state index contributed by atoms with van der Waals surface area (Å²) >= 11 is 12.3. The van der Waals surface area contributed by atoms with Crippen LogP contribution in [0.4, 0.5) is 0 Å². The molecule has 3 rings (SSSR count). The van der Waals surface area contributed by atoms with E-state index in [0.29, 0.717) is 27.1 Å². The van der Waals surface area contributed by atoms with E-state index in [4.69, 9.17) is 28.9 Å². The van der Waals surface area contributed by atoms with Crippen LogP contribution in [-0.4, -0.2) is 19.7 Å². The van der Waals surface area contributed by atoms with Gasteiger partial charge < -0.3 is 5.73 Å². The van der Waals surface area contributed by atoms with Gasteiger partial charge in [0.25, 0.3) is 5.56 Å². The Bertz CT molecular complexity index is 929. The highest BCUT2D eigenvalue weighted by molar-refractivity contribution is 6.39. The summed E-state index contributed by atoms with van der Waals surface area (Å²) in [6, 6.07) is 2.71. The average molecular weight is 338 g/mol. The van der Waals surface area contributed by atoms with Crippen molar-refractivity contribution in [2.45, 2.75) is 19.9 Å². The zero-order valence-electron chi connectivity index (χ0n) is 11.9. The summed E-state index contributed by atoms with van der Waals surface area (Å²) in [5.74, 6) is 0.395. The lowest BCUT2D eigenvalue weighted by atomic mass is 10.2. The maximum atomic E-state index is 13.0. The van der Waals surface area contributed by atoms with E-state index in [2.05, 4.69) is 15.2 Å². The van der Waals surface area contributed by atoms with Crippen molar-refractivity contribution in [1.29, 1.82) is 0 Å². The first-order valence-corrected chi connectivity index (χ1v) is 7.34. The Morgan fingerprint density at radius 1 is 1.32 bits per heavy atom. The van der Waals surface area contributed by atoms with Crippen LogP contribution in [0.1, 0.15) is 24.5 Å². The third kappa shape index (κ3) is 2.20. The normalized spacial score (nSPS) is 12.8. The molecule has 6 nitrogen and oxygen atoms in total. The van der Waals surface area contributed by atoms with Crippen LogP contribution in [0.5, 0.6) is 0 Å². The fraction of sp³-hybridized carbons (Fsp3) is 0.214. The minimum atomic E-state index is -0.471. The van der Waals surface area contributed by atoms with E-state index in [9.17, 15) is 4.79 Å². The predicted octanol–water partition coefficient (Wildman–Crippen LogP) is 2.74. The number of hydrogen-bond donors (Lipinski definition) is 2. The Hall–Kier alpha value is -1.89. The summed E-state index contributed by atoms with van der Waals surface area (Å²) in [5.41, 5.74) is 7.33. The molecule has 0 radical (unpaired) electrons. The standard InChI is InChI=1S/C14H13Cl2N5O/c1-6(17)13-19-12-9(16)4-3-8(15)11(12)14(22)21(13)10-5-18-20-7(10)2/h3-6H,17H2,1-2H3,(H,18,20). The lowest BCUT2D eigenvalue weighted by Gasteiger charge is -2.16. The summed E-state index contributed by atoms with van der Waals surface area (Å²) in [7, 11) is 0. The van der Waals surface area contributed by atoms with Crippen molar-refractivity contribution in [2.75, 3.05) is 0 Å². The lowest BCUT2D eigenvalue weighted by Crippen LogP contribution is -2.28. The number of rotatable bonds is 2. The topological polar surface area (TPSA) is 89.6 Å². The van der Waals surface area contributed by atoms with E-state index < -0.39 is 6.04 Å². The third-order valence-electron chi connectivity index (χ3n) is 3.40. The number of aromatic nitrogens is 4. The molecule has 0 saturated carbocycles. The van der Waals surface area contributed by atoms with E-state index in [1.165, 1.54) is 4.57 Å². The third-order valence-corrected chi connectivity index (χ3v) is 4.02. The van der Waals surface area contributed by atoms with Crippen LogP contribution >= 0.6 is 23.2 Å². The molecule has 22 heavy (non-hydrogen) atoms. The molecule has 2 aromatic heterocycles. The van der Waals surface area contributed by atoms with Gasteiger partial charge in [-0.2, -0.15) is 5.10 Å². The second kappa shape index (κ2) is 5.39. The number of halogens is 2. The molecular weight excluding hydrogens is 325 g/mol. The molecule has 1 unspecified atom stereocenters. The van der Waals surface area contributed by atoms with Crippen molar-refractivity contribution in [1.82, 2.24) is 19.7 Å². The van der Waals surface area contributed by atoms with Gasteiger partial charge in [-0.1, -0.05) is 23.2 Å². The summed E-state index contributed by atoms with van der Waals surface area (Å²) in [6.07, 6.45) is 1.55. The fourth-order valence-electron chi connectivity index (χ4n) is 2.34. The molecule has 8 heteroatoms. The number of aromatic amines is 1. The maximum absolute atomic E-state index is 13.0. The maximum Gasteiger partial charge on any atom is 0.267 e. The molecule has 0 amide bonds. The van der Waals surface area contributed by atoms with Crippen LogP contribution in [0.15, 0.2) is 23.1 Å². The number of nitrogens with zero attached hydrogens (tertiary/aromatic N) is 3. The number of aryl methyl sites for hydroxylation is 1. The molecule has 0 saturated heterocycles. The quantitative estimate of drug-likeness (QED) is 0.752. The van der Waals surface area contributed by atoms with Crippen LogP contribution in [0.2, 0.25) is 10.0 Å². The molecule has 1 aromatic carbocycles. The Labute approximate surface area is 135 Å². The van der Waals surface area contributed by atoms with Gasteiger partial charge in [0.15, 0.2) is 0 Å². The SMILES string of the molecule is Cc1[nH]ncc1-n1c(C(C)N)nc2c(Cl)ccc(Cl)c2c1=O. The zero-order chi connectivity index (χ0) is 16.0. The van der Waals surface area contributed by atoms with Gasteiger partial charge in [-0.05, 0) is 26.0 Å². The van der Waals surface area contributed by atoms with Crippen LogP contribution in [0, 0.1) is 6.92 Å². The van der Waals surface area contributed by atoms with Crippen LogP contribution < -0.4 is 11.3 Å². The number of H-pyrrole nitrogens is 1. The van der Waals surface area contributed by atoms with Crippen molar-refractivity contribution in [2.24, 2.45) is 5.73 Å². The molecule has 2 heterocycles. The van der Waals surface area contributed by atoms with Crippen molar-refractivity contribution < 1.29 is 0 Å². The van der Waals surface area contributed by atoms with E-state index in [1.807, 2.05) is 6.92 Å². The van der Waals surface area contributed by atoms with Crippen LogP contribution in [-0.2, 0) is 0 Å². The zero-order valence-corrected chi connectivity index (χ0v) is 13.4. The highest BCUT2D eigenvalue weighted by atomic mass is 35.5. The van der Waals surface area contributed by atoms with Crippen molar-refractivity contribution >= 4 is 34.1 Å². The molecule has 0 fully saturated rings. The Kier molecular flexibility index (Phi) is 3.68. The average Bonchev–Trinajstić information content (AvgIpc) is 2.88.